The second kappa shape index (κ2) is 4.33. The number of phenolic OH excluding ortho intramolecular Hbond substituents is 1. The zero-order valence-corrected chi connectivity index (χ0v) is 11.8. The van der Waals surface area contributed by atoms with Crippen molar-refractivity contribution in [2.75, 3.05) is 0 Å². The number of aromatic hydroxyl groups is 1. The van der Waals surface area contributed by atoms with E-state index in [4.69, 9.17) is 0 Å². The summed E-state index contributed by atoms with van der Waals surface area (Å²) in [5.74, 6) is -0.304. The maximum absolute atomic E-state index is 12.2. The summed E-state index contributed by atoms with van der Waals surface area (Å²) in [5.41, 5.74) is -5.35. The molecule has 0 spiro atoms. The summed E-state index contributed by atoms with van der Waals surface area (Å²) in [7, 11) is -5.38. The van der Waals surface area contributed by atoms with Crippen LogP contribution in [0.15, 0.2) is 21.5 Å². The van der Waals surface area contributed by atoms with E-state index in [1.54, 1.807) is 0 Å². The minimum atomic E-state index is -5.38. The molecule has 0 atom stereocenters. The molecule has 16 heavy (non-hydrogen) atoms. The summed E-state index contributed by atoms with van der Waals surface area (Å²) >= 11 is 4.30. The van der Waals surface area contributed by atoms with Crippen molar-refractivity contribution in [2.24, 2.45) is 0 Å². The molecule has 0 saturated carbocycles. The molecule has 0 aliphatic rings. The van der Waals surface area contributed by atoms with E-state index in [0.717, 1.165) is 6.07 Å². The average molecular weight is 431 g/mol. The fourth-order valence-corrected chi connectivity index (χ4v) is 3.46. The first-order valence-corrected chi connectivity index (χ1v) is 6.92. The number of benzene rings is 1. The quantitative estimate of drug-likeness (QED) is 0.697. The van der Waals surface area contributed by atoms with Gasteiger partial charge in [-0.15, -0.1) is 0 Å². The summed E-state index contributed by atoms with van der Waals surface area (Å²) < 4.78 is 58.6. The Labute approximate surface area is 111 Å². The summed E-state index contributed by atoms with van der Waals surface area (Å²) in [6.45, 7) is 0. The predicted molar refractivity (Wildman–Crippen MR) is 61.8 cm³/mol. The molecular formula is C7H3BrF3IO3S. The van der Waals surface area contributed by atoms with Gasteiger partial charge < -0.3 is 5.11 Å². The Balaban J connectivity index is 3.49. The molecule has 1 N–H and O–H groups in total. The first-order valence-electron chi connectivity index (χ1n) is 3.56. The summed E-state index contributed by atoms with van der Waals surface area (Å²) in [5, 5.41) is 9.27. The second-order valence-corrected chi connectivity index (χ2v) is 6.64. The maximum atomic E-state index is 12.2. The number of phenols is 1. The normalized spacial score (nSPS) is 12.8. The van der Waals surface area contributed by atoms with E-state index in [1.807, 2.05) is 0 Å². The van der Waals surface area contributed by atoms with Crippen molar-refractivity contribution in [1.82, 2.24) is 0 Å². The Kier molecular flexibility index (Phi) is 3.80. The van der Waals surface area contributed by atoms with Crippen LogP contribution in [-0.2, 0) is 9.84 Å². The van der Waals surface area contributed by atoms with Crippen LogP contribution >= 0.6 is 38.5 Å². The number of rotatable bonds is 1. The third-order valence-corrected chi connectivity index (χ3v) is 4.50. The Morgan fingerprint density at radius 2 is 1.81 bits per heavy atom. The molecule has 1 rings (SSSR count). The molecule has 3 nitrogen and oxygen atoms in total. The third-order valence-electron chi connectivity index (χ3n) is 1.61. The van der Waals surface area contributed by atoms with Crippen LogP contribution in [-0.4, -0.2) is 19.0 Å². The van der Waals surface area contributed by atoms with Gasteiger partial charge in [-0.2, -0.15) is 13.2 Å². The van der Waals surface area contributed by atoms with E-state index in [2.05, 4.69) is 15.9 Å². The minimum Gasteiger partial charge on any atom is -0.506 e. The van der Waals surface area contributed by atoms with Crippen LogP contribution in [0.25, 0.3) is 0 Å². The van der Waals surface area contributed by atoms with Gasteiger partial charge in [0.25, 0.3) is 9.84 Å². The van der Waals surface area contributed by atoms with Gasteiger partial charge in [0.1, 0.15) is 5.75 Å². The van der Waals surface area contributed by atoms with Gasteiger partial charge in [-0.25, -0.2) is 8.42 Å². The van der Waals surface area contributed by atoms with Gasteiger partial charge in [-0.05, 0) is 50.7 Å². The fourth-order valence-electron chi connectivity index (χ4n) is 0.831. The van der Waals surface area contributed by atoms with E-state index in [-0.39, 0.29) is 13.8 Å². The van der Waals surface area contributed by atoms with E-state index in [0.29, 0.717) is 6.07 Å². The zero-order chi connectivity index (χ0) is 12.7. The molecule has 0 aliphatic carbocycles. The van der Waals surface area contributed by atoms with Gasteiger partial charge >= 0.3 is 5.51 Å². The van der Waals surface area contributed by atoms with Crippen LogP contribution in [0.1, 0.15) is 0 Å². The monoisotopic (exact) mass is 430 g/mol. The first-order chi connectivity index (χ1) is 7.07. The SMILES string of the molecule is O=S(=O)(c1cc(Br)c(O)c(I)c1)C(F)(F)F. The van der Waals surface area contributed by atoms with Crippen LogP contribution in [0.5, 0.6) is 5.75 Å². The lowest BCUT2D eigenvalue weighted by atomic mass is 10.3. The molecule has 0 aromatic heterocycles. The Bertz CT molecular complexity index is 503. The third kappa shape index (κ3) is 2.45. The lowest BCUT2D eigenvalue weighted by Gasteiger charge is -2.09. The standard InChI is InChI=1S/C7H3BrF3IO3S/c8-4-1-3(2-5(12)6(4)13)16(14,15)7(9,10)11/h1-2,13H. The van der Waals surface area contributed by atoms with Crippen LogP contribution in [0.3, 0.4) is 0 Å². The molecule has 9 heteroatoms. The minimum absolute atomic E-state index is 0.00907. The molecule has 0 bridgehead atoms. The summed E-state index contributed by atoms with van der Waals surface area (Å²) in [4.78, 5) is -0.908. The molecule has 0 amide bonds. The van der Waals surface area contributed by atoms with Crippen molar-refractivity contribution in [1.29, 1.82) is 0 Å². The predicted octanol–water partition coefficient (Wildman–Crippen LogP) is 3.05. The zero-order valence-electron chi connectivity index (χ0n) is 7.22. The maximum Gasteiger partial charge on any atom is 0.501 e. The molecule has 0 fully saturated rings. The summed E-state index contributed by atoms with van der Waals surface area (Å²) in [6, 6.07) is 1.46. The molecule has 0 unspecified atom stereocenters. The highest BCUT2D eigenvalue weighted by Crippen LogP contribution is 2.36. The van der Waals surface area contributed by atoms with Crippen LogP contribution < -0.4 is 0 Å². The molecule has 1 aromatic carbocycles. The van der Waals surface area contributed by atoms with E-state index >= 15 is 0 Å². The van der Waals surface area contributed by atoms with Gasteiger partial charge in [-0.3, -0.25) is 0 Å². The molecular weight excluding hydrogens is 428 g/mol. The number of hydrogen-bond acceptors (Lipinski definition) is 3. The van der Waals surface area contributed by atoms with Gasteiger partial charge in [0.2, 0.25) is 0 Å². The largest absolute Gasteiger partial charge is 0.506 e. The Morgan fingerprint density at radius 3 is 2.19 bits per heavy atom. The number of hydrogen-bond donors (Lipinski definition) is 1. The molecule has 1 aromatic rings. The van der Waals surface area contributed by atoms with Crippen molar-refractivity contribution in [2.45, 2.75) is 10.4 Å². The molecule has 90 valence electrons. The number of alkyl halides is 3. The number of sulfone groups is 1. The van der Waals surface area contributed by atoms with Crippen molar-refractivity contribution in [3.8, 4) is 5.75 Å². The van der Waals surface area contributed by atoms with Gasteiger partial charge in [-0.1, -0.05) is 0 Å². The second-order valence-electron chi connectivity index (χ2n) is 2.68. The Hall–Kier alpha value is -0.0300. The first kappa shape index (κ1) is 14.0. The highest BCUT2D eigenvalue weighted by molar-refractivity contribution is 14.1. The molecule has 0 aliphatic heterocycles. The molecule has 0 radical (unpaired) electrons. The van der Waals surface area contributed by atoms with Crippen LogP contribution in [0.4, 0.5) is 13.2 Å². The van der Waals surface area contributed by atoms with E-state index < -0.39 is 20.2 Å². The number of halogens is 5. The highest BCUT2D eigenvalue weighted by atomic mass is 127. The highest BCUT2D eigenvalue weighted by Gasteiger charge is 2.47. The average Bonchev–Trinajstić information content (AvgIpc) is 2.11. The smallest absolute Gasteiger partial charge is 0.501 e. The van der Waals surface area contributed by atoms with Gasteiger partial charge in [0, 0.05) is 0 Å². The van der Waals surface area contributed by atoms with Gasteiger partial charge in [0.05, 0.1) is 12.9 Å². The molecule has 0 heterocycles. The van der Waals surface area contributed by atoms with Gasteiger partial charge in [0.15, 0.2) is 0 Å². The summed E-state index contributed by atoms with van der Waals surface area (Å²) in [6.07, 6.45) is 0. The topological polar surface area (TPSA) is 54.4 Å². The van der Waals surface area contributed by atoms with E-state index in [9.17, 15) is 26.7 Å². The fraction of sp³-hybridized carbons (Fsp3) is 0.143. The van der Waals surface area contributed by atoms with E-state index in [1.165, 1.54) is 22.6 Å². The van der Waals surface area contributed by atoms with Crippen molar-refractivity contribution in [3.05, 3.63) is 20.2 Å². The van der Waals surface area contributed by atoms with Crippen molar-refractivity contribution >= 4 is 48.4 Å². The lowest BCUT2D eigenvalue weighted by molar-refractivity contribution is -0.0436. The lowest BCUT2D eigenvalue weighted by Crippen LogP contribution is -2.23. The molecule has 0 saturated heterocycles. The van der Waals surface area contributed by atoms with Crippen molar-refractivity contribution < 1.29 is 26.7 Å². The van der Waals surface area contributed by atoms with Crippen LogP contribution in [0, 0.1) is 3.57 Å². The van der Waals surface area contributed by atoms with Crippen molar-refractivity contribution in [3.63, 3.8) is 0 Å². The Morgan fingerprint density at radius 1 is 1.31 bits per heavy atom. The van der Waals surface area contributed by atoms with Crippen LogP contribution in [0.2, 0.25) is 0 Å².